The monoisotopic (exact) mass is 473 g/mol. The third-order valence-electron chi connectivity index (χ3n) is 5.05. The van der Waals surface area contributed by atoms with Crippen molar-refractivity contribution >= 4 is 16.0 Å². The number of esters is 1. The molecule has 10 nitrogen and oxygen atoms in total. The molecular formula is C22H23N3O7S. The first-order valence-electron chi connectivity index (χ1n) is 10.3. The Balaban J connectivity index is 1.33. The van der Waals surface area contributed by atoms with Crippen LogP contribution in [0.15, 0.2) is 57.9 Å². The molecule has 0 aliphatic carbocycles. The number of sulfonamides is 1. The van der Waals surface area contributed by atoms with Crippen molar-refractivity contribution in [1.82, 2.24) is 14.9 Å². The maximum absolute atomic E-state index is 12.4. The highest BCUT2D eigenvalue weighted by Gasteiger charge is 2.21. The summed E-state index contributed by atoms with van der Waals surface area (Å²) in [5.41, 5.74) is 0.890. The lowest BCUT2D eigenvalue weighted by molar-refractivity contribution is 0.0429. The van der Waals surface area contributed by atoms with Gasteiger partial charge in [0.25, 0.3) is 5.89 Å². The number of aromatic nitrogens is 2. The predicted molar refractivity (Wildman–Crippen MR) is 116 cm³/mol. The Kier molecular flexibility index (Phi) is 7.02. The number of carbonyl (C=O) groups excluding carboxylic acids is 1. The van der Waals surface area contributed by atoms with Crippen molar-refractivity contribution in [3.05, 3.63) is 60.0 Å². The maximum atomic E-state index is 12.4. The first-order chi connectivity index (χ1) is 15.9. The van der Waals surface area contributed by atoms with Crippen LogP contribution >= 0.6 is 0 Å². The van der Waals surface area contributed by atoms with Gasteiger partial charge in [-0.15, -0.1) is 0 Å². The molecule has 1 aliphatic rings. The van der Waals surface area contributed by atoms with Crippen LogP contribution < -0.4 is 9.46 Å². The molecule has 4 rings (SSSR count). The van der Waals surface area contributed by atoms with Gasteiger partial charge in [0.05, 0.1) is 23.7 Å². The molecule has 1 N–H and O–H groups in total. The smallest absolute Gasteiger partial charge is 0.338 e. The van der Waals surface area contributed by atoms with Gasteiger partial charge in [-0.25, -0.2) is 17.9 Å². The van der Waals surface area contributed by atoms with E-state index in [0.717, 1.165) is 12.8 Å². The minimum Gasteiger partial charge on any atom is -0.497 e. The molecule has 1 fully saturated rings. The number of nitrogens with zero attached hydrogens (tertiary/aromatic N) is 2. The number of benzene rings is 2. The van der Waals surface area contributed by atoms with E-state index >= 15 is 0 Å². The van der Waals surface area contributed by atoms with Crippen molar-refractivity contribution in [3.8, 4) is 17.1 Å². The summed E-state index contributed by atoms with van der Waals surface area (Å²) in [7, 11) is -2.14. The van der Waals surface area contributed by atoms with Gasteiger partial charge in [0.15, 0.2) is 6.61 Å². The number of nitrogens with one attached hydrogen (secondary N) is 1. The highest BCUT2D eigenvalue weighted by molar-refractivity contribution is 7.89. The molecule has 0 spiro atoms. The second-order valence-electron chi connectivity index (χ2n) is 7.33. The van der Waals surface area contributed by atoms with Crippen LogP contribution in [0, 0.1) is 0 Å². The zero-order chi connectivity index (χ0) is 23.3. The number of methoxy groups -OCH3 is 1. The molecule has 174 valence electrons. The molecule has 2 aromatic carbocycles. The molecule has 1 unspecified atom stereocenters. The van der Waals surface area contributed by atoms with Gasteiger partial charge < -0.3 is 18.7 Å². The summed E-state index contributed by atoms with van der Waals surface area (Å²) in [6.07, 6.45) is 1.65. The molecule has 1 saturated heterocycles. The van der Waals surface area contributed by atoms with Crippen molar-refractivity contribution in [2.75, 3.05) is 20.3 Å². The van der Waals surface area contributed by atoms with Crippen molar-refractivity contribution < 1.29 is 31.9 Å². The van der Waals surface area contributed by atoms with E-state index in [1.807, 2.05) is 0 Å². The number of ether oxygens (including phenoxy) is 3. The van der Waals surface area contributed by atoms with Crippen LogP contribution in [0.3, 0.4) is 0 Å². The minimum absolute atomic E-state index is 0.0527. The Labute approximate surface area is 190 Å². The molecule has 0 radical (unpaired) electrons. The Morgan fingerprint density at radius 3 is 2.76 bits per heavy atom. The predicted octanol–water partition coefficient (Wildman–Crippen LogP) is 2.56. The molecule has 3 aromatic rings. The lowest BCUT2D eigenvalue weighted by atomic mass is 10.2. The number of rotatable bonds is 9. The summed E-state index contributed by atoms with van der Waals surface area (Å²) in [6, 6.07) is 12.6. The van der Waals surface area contributed by atoms with Gasteiger partial charge in [0, 0.05) is 18.7 Å². The van der Waals surface area contributed by atoms with Crippen molar-refractivity contribution in [2.45, 2.75) is 30.4 Å². The average Bonchev–Trinajstić information content (AvgIpc) is 3.54. The quantitative estimate of drug-likeness (QED) is 0.466. The van der Waals surface area contributed by atoms with Crippen molar-refractivity contribution in [2.24, 2.45) is 0 Å². The van der Waals surface area contributed by atoms with Gasteiger partial charge >= 0.3 is 5.97 Å². The van der Waals surface area contributed by atoms with Crippen LogP contribution in [-0.4, -0.2) is 50.9 Å². The Bertz CT molecular complexity index is 1200. The zero-order valence-electron chi connectivity index (χ0n) is 17.9. The van der Waals surface area contributed by atoms with Gasteiger partial charge in [0.1, 0.15) is 5.75 Å². The summed E-state index contributed by atoms with van der Waals surface area (Å²) in [5, 5.41) is 3.88. The number of carbonyl (C=O) groups is 1. The van der Waals surface area contributed by atoms with E-state index in [9.17, 15) is 13.2 Å². The standard InChI is InChI=1S/C22H23N3O7S/c1-29-17-5-2-4-16(12-17)21-24-20(32-25-21)14-31-22(26)15-7-9-19(10-8-15)33(27,28)23-13-18-6-3-11-30-18/h2,4-5,7-10,12,18,23H,3,6,11,13-14H2,1H3. The first kappa shape index (κ1) is 22.9. The first-order valence-corrected chi connectivity index (χ1v) is 11.8. The van der Waals surface area contributed by atoms with E-state index in [-0.39, 0.29) is 35.6 Å². The highest BCUT2D eigenvalue weighted by Crippen LogP contribution is 2.21. The Morgan fingerprint density at radius 1 is 1.21 bits per heavy atom. The van der Waals surface area contributed by atoms with Crippen molar-refractivity contribution in [3.63, 3.8) is 0 Å². The Morgan fingerprint density at radius 2 is 2.03 bits per heavy atom. The molecule has 0 saturated carbocycles. The summed E-state index contributed by atoms with van der Waals surface area (Å²) in [4.78, 5) is 16.6. The van der Waals surface area contributed by atoms with Crippen LogP contribution in [0.2, 0.25) is 0 Å². The van der Waals surface area contributed by atoms with Gasteiger partial charge in [-0.05, 0) is 49.2 Å². The van der Waals surface area contributed by atoms with Gasteiger partial charge in [-0.1, -0.05) is 17.3 Å². The van der Waals surface area contributed by atoms with E-state index in [4.69, 9.17) is 18.7 Å². The third-order valence-corrected chi connectivity index (χ3v) is 6.49. The molecule has 0 amide bonds. The lowest BCUT2D eigenvalue weighted by Gasteiger charge is -2.11. The molecule has 1 aromatic heterocycles. The van der Waals surface area contributed by atoms with E-state index in [0.29, 0.717) is 23.7 Å². The van der Waals surface area contributed by atoms with Crippen LogP contribution in [-0.2, 0) is 26.1 Å². The number of hydrogen-bond donors (Lipinski definition) is 1. The normalized spacial score (nSPS) is 16.0. The van der Waals surface area contributed by atoms with Crippen molar-refractivity contribution in [1.29, 1.82) is 0 Å². The molecule has 33 heavy (non-hydrogen) atoms. The highest BCUT2D eigenvalue weighted by atomic mass is 32.2. The topological polar surface area (TPSA) is 130 Å². The van der Waals surface area contributed by atoms with Crippen LogP contribution in [0.4, 0.5) is 0 Å². The molecule has 0 bridgehead atoms. The lowest BCUT2D eigenvalue weighted by Crippen LogP contribution is -2.31. The van der Waals surface area contributed by atoms with E-state index in [1.54, 1.807) is 31.4 Å². The van der Waals surface area contributed by atoms with E-state index < -0.39 is 16.0 Å². The van der Waals surface area contributed by atoms with Crippen LogP contribution in [0.25, 0.3) is 11.4 Å². The molecular weight excluding hydrogens is 450 g/mol. The third kappa shape index (κ3) is 5.75. The summed E-state index contributed by atoms with van der Waals surface area (Å²) in [5.74, 6) is 0.467. The summed E-state index contributed by atoms with van der Waals surface area (Å²) < 4.78 is 48.3. The molecule has 2 heterocycles. The van der Waals surface area contributed by atoms with Gasteiger partial charge in [0.2, 0.25) is 15.8 Å². The molecule has 1 atom stereocenters. The minimum atomic E-state index is -3.70. The SMILES string of the molecule is COc1cccc(-c2noc(COC(=O)c3ccc(S(=O)(=O)NCC4CCCO4)cc3)n2)c1. The molecule has 11 heteroatoms. The van der Waals surface area contributed by atoms with Crippen LogP contribution in [0.5, 0.6) is 5.75 Å². The van der Waals surface area contributed by atoms with Crippen LogP contribution in [0.1, 0.15) is 29.1 Å². The zero-order valence-corrected chi connectivity index (χ0v) is 18.7. The van der Waals surface area contributed by atoms with Gasteiger partial charge in [-0.3, -0.25) is 0 Å². The summed E-state index contributed by atoms with van der Waals surface area (Å²) in [6.45, 7) is 0.641. The fraction of sp³-hybridized carbons (Fsp3) is 0.318. The van der Waals surface area contributed by atoms with E-state index in [1.165, 1.54) is 24.3 Å². The second-order valence-corrected chi connectivity index (χ2v) is 9.10. The largest absolute Gasteiger partial charge is 0.497 e. The summed E-state index contributed by atoms with van der Waals surface area (Å²) >= 11 is 0. The van der Waals surface area contributed by atoms with Gasteiger partial charge in [-0.2, -0.15) is 4.98 Å². The maximum Gasteiger partial charge on any atom is 0.338 e. The average molecular weight is 474 g/mol. The number of hydrogen-bond acceptors (Lipinski definition) is 9. The fourth-order valence-electron chi connectivity index (χ4n) is 3.27. The second kappa shape index (κ2) is 10.1. The Hall–Kier alpha value is -3.28. The van der Waals surface area contributed by atoms with E-state index in [2.05, 4.69) is 14.9 Å². The fourth-order valence-corrected chi connectivity index (χ4v) is 4.33. The molecule has 1 aliphatic heterocycles.